The molecule has 0 bridgehead atoms. The van der Waals surface area contributed by atoms with E-state index in [9.17, 15) is 18.0 Å². The molecule has 0 aliphatic carbocycles. The molecule has 3 aromatic rings. The molecule has 7 heteroatoms. The summed E-state index contributed by atoms with van der Waals surface area (Å²) in [5.41, 5.74) is 0.356. The SMILES string of the molecule is COc1ccc(CCc2nc3ccccc3[nH]c2=O)c(C(F)(F)F)c1. The fraction of sp³-hybridized carbons (Fsp3) is 0.222. The zero-order chi connectivity index (χ0) is 18.0. The quantitative estimate of drug-likeness (QED) is 0.782. The van der Waals surface area contributed by atoms with E-state index in [1.807, 2.05) is 0 Å². The number of H-pyrrole nitrogens is 1. The summed E-state index contributed by atoms with van der Waals surface area (Å²) in [4.78, 5) is 19.0. The summed E-state index contributed by atoms with van der Waals surface area (Å²) in [5.74, 6) is 0.137. The fourth-order valence-corrected chi connectivity index (χ4v) is 2.65. The van der Waals surface area contributed by atoms with Gasteiger partial charge in [0.2, 0.25) is 0 Å². The van der Waals surface area contributed by atoms with E-state index in [1.165, 1.54) is 19.2 Å². The molecule has 2 aromatic carbocycles. The predicted molar refractivity (Wildman–Crippen MR) is 87.8 cm³/mol. The molecule has 0 radical (unpaired) electrons. The molecule has 0 saturated carbocycles. The van der Waals surface area contributed by atoms with E-state index >= 15 is 0 Å². The van der Waals surface area contributed by atoms with Gasteiger partial charge in [0.05, 0.1) is 23.7 Å². The minimum atomic E-state index is -4.49. The molecule has 0 aliphatic rings. The molecule has 0 amide bonds. The fourth-order valence-electron chi connectivity index (χ4n) is 2.65. The largest absolute Gasteiger partial charge is 0.497 e. The van der Waals surface area contributed by atoms with Gasteiger partial charge in [0.25, 0.3) is 5.56 Å². The number of nitrogens with one attached hydrogen (secondary N) is 1. The van der Waals surface area contributed by atoms with Crippen LogP contribution in [-0.4, -0.2) is 17.1 Å². The van der Waals surface area contributed by atoms with Gasteiger partial charge in [-0.2, -0.15) is 13.2 Å². The maximum Gasteiger partial charge on any atom is 0.416 e. The van der Waals surface area contributed by atoms with Crippen LogP contribution in [0.1, 0.15) is 16.8 Å². The third-order valence-corrected chi connectivity index (χ3v) is 3.92. The van der Waals surface area contributed by atoms with Gasteiger partial charge >= 0.3 is 6.18 Å². The number of nitrogens with zero attached hydrogens (tertiary/aromatic N) is 1. The maximum atomic E-state index is 13.2. The summed E-state index contributed by atoms with van der Waals surface area (Å²) >= 11 is 0. The number of para-hydroxylation sites is 2. The van der Waals surface area contributed by atoms with Gasteiger partial charge in [0.15, 0.2) is 0 Å². The smallest absolute Gasteiger partial charge is 0.416 e. The number of aryl methyl sites for hydroxylation is 2. The lowest BCUT2D eigenvalue weighted by molar-refractivity contribution is -0.138. The van der Waals surface area contributed by atoms with Gasteiger partial charge in [-0.1, -0.05) is 18.2 Å². The number of alkyl halides is 3. The van der Waals surface area contributed by atoms with Crippen molar-refractivity contribution in [1.29, 1.82) is 0 Å². The minimum Gasteiger partial charge on any atom is -0.497 e. The number of aromatic amines is 1. The summed E-state index contributed by atoms with van der Waals surface area (Å²) in [7, 11) is 1.31. The molecular weight excluding hydrogens is 333 g/mol. The van der Waals surface area contributed by atoms with E-state index in [0.29, 0.717) is 11.0 Å². The summed E-state index contributed by atoms with van der Waals surface area (Å²) in [6, 6.07) is 10.8. The van der Waals surface area contributed by atoms with E-state index in [2.05, 4.69) is 9.97 Å². The van der Waals surface area contributed by atoms with E-state index < -0.39 is 11.7 Å². The Morgan fingerprint density at radius 2 is 1.88 bits per heavy atom. The molecule has 0 atom stereocenters. The first-order chi connectivity index (χ1) is 11.9. The average molecular weight is 348 g/mol. The van der Waals surface area contributed by atoms with Crippen molar-refractivity contribution in [3.63, 3.8) is 0 Å². The van der Waals surface area contributed by atoms with Crippen LogP contribution in [0, 0.1) is 0 Å². The van der Waals surface area contributed by atoms with Crippen LogP contribution in [0.15, 0.2) is 47.3 Å². The number of rotatable bonds is 4. The van der Waals surface area contributed by atoms with Crippen molar-refractivity contribution in [2.75, 3.05) is 7.11 Å². The number of methoxy groups -OCH3 is 1. The van der Waals surface area contributed by atoms with E-state index in [0.717, 1.165) is 6.07 Å². The monoisotopic (exact) mass is 348 g/mol. The molecule has 0 saturated heterocycles. The first-order valence-electron chi connectivity index (χ1n) is 7.60. The molecule has 1 aromatic heterocycles. The summed E-state index contributed by atoms with van der Waals surface area (Å²) in [5, 5.41) is 0. The molecule has 0 spiro atoms. The van der Waals surface area contributed by atoms with E-state index in [-0.39, 0.29) is 35.4 Å². The number of fused-ring (bicyclic) bond motifs is 1. The molecule has 3 rings (SSSR count). The second kappa shape index (κ2) is 6.58. The number of hydrogen-bond donors (Lipinski definition) is 1. The van der Waals surface area contributed by atoms with Gasteiger partial charge in [-0.05, 0) is 42.7 Å². The van der Waals surface area contributed by atoms with Crippen molar-refractivity contribution in [1.82, 2.24) is 9.97 Å². The minimum absolute atomic E-state index is 0.0489. The Balaban J connectivity index is 1.91. The van der Waals surface area contributed by atoms with Gasteiger partial charge in [-0.15, -0.1) is 0 Å². The van der Waals surface area contributed by atoms with Crippen LogP contribution in [0.25, 0.3) is 11.0 Å². The Morgan fingerprint density at radius 3 is 2.60 bits per heavy atom. The van der Waals surface area contributed by atoms with Crippen molar-refractivity contribution in [3.8, 4) is 5.75 Å². The molecular formula is C18H15F3N2O2. The van der Waals surface area contributed by atoms with Gasteiger partial charge in [0.1, 0.15) is 11.4 Å². The van der Waals surface area contributed by atoms with Crippen LogP contribution < -0.4 is 10.3 Å². The highest BCUT2D eigenvalue weighted by Gasteiger charge is 2.33. The van der Waals surface area contributed by atoms with Crippen molar-refractivity contribution in [2.24, 2.45) is 0 Å². The maximum absolute atomic E-state index is 13.2. The van der Waals surface area contributed by atoms with Crippen LogP contribution in [-0.2, 0) is 19.0 Å². The Kier molecular flexibility index (Phi) is 4.48. The zero-order valence-corrected chi connectivity index (χ0v) is 13.4. The topological polar surface area (TPSA) is 55.0 Å². The molecule has 25 heavy (non-hydrogen) atoms. The predicted octanol–water partition coefficient (Wildman–Crippen LogP) is 3.74. The average Bonchev–Trinajstić information content (AvgIpc) is 2.59. The number of aromatic nitrogens is 2. The Morgan fingerprint density at radius 1 is 1.12 bits per heavy atom. The van der Waals surface area contributed by atoms with Crippen LogP contribution in [0.4, 0.5) is 13.2 Å². The molecule has 1 heterocycles. The van der Waals surface area contributed by atoms with Crippen molar-refractivity contribution in [2.45, 2.75) is 19.0 Å². The van der Waals surface area contributed by atoms with Crippen LogP contribution >= 0.6 is 0 Å². The Bertz CT molecular complexity index is 964. The standard InChI is InChI=1S/C18H15F3N2O2/c1-25-12-8-6-11(13(10-12)18(19,20)21)7-9-16-17(24)23-15-5-3-2-4-14(15)22-16/h2-6,8,10H,7,9H2,1H3,(H,23,24). The third-order valence-electron chi connectivity index (χ3n) is 3.92. The van der Waals surface area contributed by atoms with Gasteiger partial charge in [-0.3, -0.25) is 4.79 Å². The summed E-state index contributed by atoms with van der Waals surface area (Å²) < 4.78 is 44.6. The number of hydrogen-bond acceptors (Lipinski definition) is 3. The van der Waals surface area contributed by atoms with Gasteiger partial charge < -0.3 is 9.72 Å². The van der Waals surface area contributed by atoms with Gasteiger partial charge in [-0.25, -0.2) is 4.98 Å². The highest BCUT2D eigenvalue weighted by atomic mass is 19.4. The van der Waals surface area contributed by atoms with Gasteiger partial charge in [0, 0.05) is 0 Å². The first-order valence-corrected chi connectivity index (χ1v) is 7.60. The zero-order valence-electron chi connectivity index (χ0n) is 13.4. The third kappa shape index (κ3) is 3.65. The Hall–Kier alpha value is -2.83. The molecule has 0 aliphatic heterocycles. The normalized spacial score (nSPS) is 11.7. The van der Waals surface area contributed by atoms with E-state index in [1.54, 1.807) is 24.3 Å². The number of benzene rings is 2. The lowest BCUT2D eigenvalue weighted by Crippen LogP contribution is -2.17. The lowest BCUT2D eigenvalue weighted by Gasteiger charge is -2.14. The van der Waals surface area contributed by atoms with E-state index in [4.69, 9.17) is 4.74 Å². The van der Waals surface area contributed by atoms with Crippen LogP contribution in [0.3, 0.4) is 0 Å². The van der Waals surface area contributed by atoms with Crippen LogP contribution in [0.5, 0.6) is 5.75 Å². The molecule has 1 N–H and O–H groups in total. The second-order valence-corrected chi connectivity index (χ2v) is 5.55. The van der Waals surface area contributed by atoms with Crippen LogP contribution in [0.2, 0.25) is 0 Å². The Labute approximate surface area is 141 Å². The first kappa shape index (κ1) is 17.0. The summed E-state index contributed by atoms with van der Waals surface area (Å²) in [6.07, 6.45) is -4.34. The molecule has 4 nitrogen and oxygen atoms in total. The second-order valence-electron chi connectivity index (χ2n) is 5.55. The van der Waals surface area contributed by atoms with Crippen molar-refractivity contribution in [3.05, 3.63) is 69.6 Å². The highest BCUT2D eigenvalue weighted by Crippen LogP contribution is 2.34. The summed E-state index contributed by atoms with van der Waals surface area (Å²) in [6.45, 7) is 0. The molecule has 0 unspecified atom stereocenters. The molecule has 130 valence electrons. The van der Waals surface area contributed by atoms with Crippen molar-refractivity contribution < 1.29 is 17.9 Å². The number of ether oxygens (including phenoxy) is 1. The highest BCUT2D eigenvalue weighted by molar-refractivity contribution is 5.73. The lowest BCUT2D eigenvalue weighted by atomic mass is 10.0. The number of halogens is 3. The molecule has 0 fully saturated rings. The van der Waals surface area contributed by atoms with Crippen molar-refractivity contribution >= 4 is 11.0 Å².